The lowest BCUT2D eigenvalue weighted by atomic mass is 10.0. The van der Waals surface area contributed by atoms with Gasteiger partial charge in [-0.05, 0) is 50.1 Å². The molecule has 0 saturated heterocycles. The molecule has 0 atom stereocenters. The molecule has 0 spiro atoms. The van der Waals surface area contributed by atoms with E-state index in [1.165, 1.54) is 10.9 Å². The number of nitrogens with zero attached hydrogens (tertiary/aromatic N) is 1. The second-order valence-electron chi connectivity index (χ2n) is 4.85. The zero-order valence-corrected chi connectivity index (χ0v) is 13.8. The Hall–Kier alpha value is -1.90. The molecular formula is C19H23ClN2. The van der Waals surface area contributed by atoms with Gasteiger partial charge in [-0.25, -0.2) is 0 Å². The van der Waals surface area contributed by atoms with Crippen LogP contribution in [0.5, 0.6) is 0 Å². The van der Waals surface area contributed by atoms with Gasteiger partial charge in [0.1, 0.15) is 0 Å². The van der Waals surface area contributed by atoms with Crippen molar-refractivity contribution in [3.8, 4) is 0 Å². The number of aryl methyl sites for hydroxylation is 1. The van der Waals surface area contributed by atoms with Crippen molar-refractivity contribution >= 4 is 29.1 Å². The van der Waals surface area contributed by atoms with Gasteiger partial charge in [-0.1, -0.05) is 60.7 Å². The normalized spacial score (nSPS) is 10.8. The summed E-state index contributed by atoms with van der Waals surface area (Å²) in [6.07, 6.45) is 5.43. The Morgan fingerprint density at radius 2 is 2.00 bits per heavy atom. The fourth-order valence-corrected chi connectivity index (χ4v) is 2.32. The first kappa shape index (κ1) is 18.1. The number of halogens is 1. The summed E-state index contributed by atoms with van der Waals surface area (Å²) in [4.78, 5) is 3.62. The predicted molar refractivity (Wildman–Crippen MR) is 99.8 cm³/mol. The fraction of sp³-hybridized carbons (Fsp3) is 0.211. The van der Waals surface area contributed by atoms with E-state index in [0.717, 1.165) is 28.9 Å². The minimum absolute atomic E-state index is 0.711. The van der Waals surface area contributed by atoms with Crippen LogP contribution in [0.15, 0.2) is 65.8 Å². The molecule has 22 heavy (non-hydrogen) atoms. The van der Waals surface area contributed by atoms with Crippen molar-refractivity contribution in [2.24, 2.45) is 10.7 Å². The van der Waals surface area contributed by atoms with Gasteiger partial charge in [0.15, 0.2) is 0 Å². The number of nitrogens with two attached hydrogens (primary N) is 1. The Morgan fingerprint density at radius 1 is 1.27 bits per heavy atom. The van der Waals surface area contributed by atoms with Crippen LogP contribution in [-0.4, -0.2) is 13.3 Å². The molecular weight excluding hydrogens is 292 g/mol. The fourth-order valence-electron chi connectivity index (χ4n) is 1.99. The molecule has 2 nitrogen and oxygen atoms in total. The molecule has 0 heterocycles. The number of benzene rings is 2. The van der Waals surface area contributed by atoms with E-state index in [1.54, 1.807) is 12.2 Å². The number of hydrogen-bond acceptors (Lipinski definition) is 2. The smallest absolute Gasteiger partial charge is 0.0516 e. The van der Waals surface area contributed by atoms with Crippen molar-refractivity contribution in [1.82, 2.24) is 0 Å². The molecule has 0 aliphatic rings. The molecule has 2 N–H and O–H groups in total. The van der Waals surface area contributed by atoms with E-state index in [0.29, 0.717) is 6.54 Å². The van der Waals surface area contributed by atoms with Crippen LogP contribution in [0.4, 0.5) is 0 Å². The van der Waals surface area contributed by atoms with Crippen molar-refractivity contribution < 1.29 is 0 Å². The summed E-state index contributed by atoms with van der Waals surface area (Å²) in [5.74, 6) is 0. The van der Waals surface area contributed by atoms with Crippen molar-refractivity contribution in [2.45, 2.75) is 19.8 Å². The van der Waals surface area contributed by atoms with Gasteiger partial charge >= 0.3 is 0 Å². The molecule has 0 radical (unpaired) electrons. The maximum Gasteiger partial charge on any atom is 0.0516 e. The molecule has 0 unspecified atom stereocenters. The number of allylic oxidation sites excluding steroid dienone is 3. The van der Waals surface area contributed by atoms with Crippen LogP contribution in [0.1, 0.15) is 18.9 Å². The van der Waals surface area contributed by atoms with Crippen LogP contribution in [0, 0.1) is 0 Å². The summed E-state index contributed by atoms with van der Waals surface area (Å²) in [6, 6.07) is 12.4. The molecule has 0 amide bonds. The highest BCUT2D eigenvalue weighted by Crippen LogP contribution is 2.27. The lowest BCUT2D eigenvalue weighted by molar-refractivity contribution is 0.834. The maximum absolute atomic E-state index is 6.34. The van der Waals surface area contributed by atoms with E-state index in [2.05, 4.69) is 42.6 Å². The van der Waals surface area contributed by atoms with Gasteiger partial charge in [-0.15, -0.1) is 0 Å². The summed E-state index contributed by atoms with van der Waals surface area (Å²) < 4.78 is 0. The maximum atomic E-state index is 6.34. The number of fused-ring (bicyclic) bond motifs is 1. The third-order valence-electron chi connectivity index (χ3n) is 3.20. The molecule has 0 fully saturated rings. The molecule has 0 saturated carbocycles. The van der Waals surface area contributed by atoms with Crippen LogP contribution in [0.25, 0.3) is 10.8 Å². The molecule has 116 valence electrons. The van der Waals surface area contributed by atoms with Gasteiger partial charge in [0.05, 0.1) is 5.02 Å². The largest absolute Gasteiger partial charge is 0.330 e. The van der Waals surface area contributed by atoms with Crippen molar-refractivity contribution in [2.75, 3.05) is 6.54 Å². The zero-order valence-electron chi connectivity index (χ0n) is 13.1. The Bertz CT molecular complexity index is 660. The highest BCUT2D eigenvalue weighted by atomic mass is 35.5. The molecule has 2 aromatic carbocycles. The van der Waals surface area contributed by atoms with Gasteiger partial charge < -0.3 is 5.73 Å². The van der Waals surface area contributed by atoms with E-state index in [9.17, 15) is 0 Å². The van der Waals surface area contributed by atoms with Crippen LogP contribution < -0.4 is 5.73 Å². The lowest BCUT2D eigenvalue weighted by Crippen LogP contribution is -2.00. The molecule has 0 bridgehead atoms. The first-order valence-corrected chi connectivity index (χ1v) is 7.64. The van der Waals surface area contributed by atoms with E-state index in [-0.39, 0.29) is 0 Å². The summed E-state index contributed by atoms with van der Waals surface area (Å²) in [6.45, 7) is 9.38. The third-order valence-corrected chi connectivity index (χ3v) is 3.65. The van der Waals surface area contributed by atoms with E-state index in [4.69, 9.17) is 17.3 Å². The number of aliphatic imine (C=N–C) groups is 1. The molecule has 0 aromatic heterocycles. The summed E-state index contributed by atoms with van der Waals surface area (Å²) >= 11 is 6.34. The van der Waals surface area contributed by atoms with E-state index >= 15 is 0 Å². The monoisotopic (exact) mass is 314 g/mol. The van der Waals surface area contributed by atoms with Gasteiger partial charge in [0, 0.05) is 11.1 Å². The lowest BCUT2D eigenvalue weighted by Gasteiger charge is -2.06. The van der Waals surface area contributed by atoms with Gasteiger partial charge in [0.2, 0.25) is 0 Å². The Balaban J connectivity index is 0.000000295. The van der Waals surface area contributed by atoms with Crippen LogP contribution in [0.3, 0.4) is 0 Å². The number of hydrogen-bond donors (Lipinski definition) is 1. The highest BCUT2D eigenvalue weighted by molar-refractivity contribution is 6.36. The summed E-state index contributed by atoms with van der Waals surface area (Å²) in [7, 11) is 0. The van der Waals surface area contributed by atoms with Crippen LogP contribution in [-0.2, 0) is 6.42 Å². The van der Waals surface area contributed by atoms with Crippen molar-refractivity contribution in [3.63, 3.8) is 0 Å². The molecule has 2 aromatic rings. The topological polar surface area (TPSA) is 38.4 Å². The molecule has 0 aliphatic carbocycles. The van der Waals surface area contributed by atoms with Gasteiger partial charge in [-0.2, -0.15) is 0 Å². The predicted octanol–water partition coefficient (Wildman–Crippen LogP) is 5.16. The quantitative estimate of drug-likeness (QED) is 0.600. The van der Waals surface area contributed by atoms with Crippen molar-refractivity contribution in [3.05, 3.63) is 71.4 Å². The Labute approximate surface area is 138 Å². The Kier molecular flexibility index (Phi) is 8.19. The third kappa shape index (κ3) is 5.47. The minimum Gasteiger partial charge on any atom is -0.330 e. The zero-order chi connectivity index (χ0) is 16.4. The second-order valence-corrected chi connectivity index (χ2v) is 5.23. The first-order valence-electron chi connectivity index (χ1n) is 7.26. The molecule has 0 aliphatic heterocycles. The molecule has 3 heteroatoms. The average molecular weight is 315 g/mol. The summed E-state index contributed by atoms with van der Waals surface area (Å²) in [5, 5.41) is 3.20. The van der Waals surface area contributed by atoms with Crippen LogP contribution >= 0.6 is 11.6 Å². The van der Waals surface area contributed by atoms with Crippen LogP contribution in [0.2, 0.25) is 5.02 Å². The van der Waals surface area contributed by atoms with E-state index in [1.807, 2.05) is 19.1 Å². The number of rotatable bonds is 5. The summed E-state index contributed by atoms with van der Waals surface area (Å²) in [5.41, 5.74) is 7.59. The van der Waals surface area contributed by atoms with Gasteiger partial charge in [0.25, 0.3) is 0 Å². The van der Waals surface area contributed by atoms with Gasteiger partial charge in [-0.3, -0.25) is 4.99 Å². The highest BCUT2D eigenvalue weighted by Gasteiger charge is 2.04. The first-order chi connectivity index (χ1) is 10.6. The van der Waals surface area contributed by atoms with E-state index < -0.39 is 0 Å². The standard InChI is InChI=1S/C13H14ClN.C6H9N/c14-13-11(5-3-9-15)8-7-10-4-1-2-6-12(10)13;1-4-5-6(2)7-3/h1-2,4,6-8H,3,5,9,15H2;4-5H,1,3H2,2H3/b;6-5-. The molecule has 2 rings (SSSR count). The Morgan fingerprint density at radius 3 is 2.59 bits per heavy atom. The second kappa shape index (κ2) is 9.93. The minimum atomic E-state index is 0.711. The van der Waals surface area contributed by atoms with Crippen molar-refractivity contribution in [1.29, 1.82) is 0 Å². The SMILES string of the molecule is C=C/C=C(/C)N=C.NCCCc1ccc2ccccc2c1Cl. The average Bonchev–Trinajstić information content (AvgIpc) is 2.55.